The van der Waals surface area contributed by atoms with Crippen LogP contribution >= 0.6 is 31.9 Å². The number of halogens is 2. The number of hydrogen-bond acceptors (Lipinski definition) is 1. The average molecular weight is 213 g/mol. The van der Waals surface area contributed by atoms with Crippen molar-refractivity contribution in [1.82, 2.24) is 0 Å². The van der Waals surface area contributed by atoms with E-state index < -0.39 is 0 Å². The Labute approximate surface area is 53.4 Å². The molecule has 1 nitrogen and oxygen atoms in total. The first-order valence-corrected chi connectivity index (χ1v) is 3.12. The van der Waals surface area contributed by atoms with Crippen LogP contribution in [0.15, 0.2) is 16.2 Å². The van der Waals surface area contributed by atoms with E-state index in [2.05, 4.69) is 36.9 Å². The van der Waals surface area contributed by atoms with Crippen molar-refractivity contribution in [3.05, 3.63) is 11.2 Å². The second-order valence-corrected chi connectivity index (χ2v) is 1.46. The van der Waals surface area contributed by atoms with Crippen LogP contribution in [0.25, 0.3) is 0 Å². The largest absolute Gasteiger partial charge is 0.257 e. The monoisotopic (exact) mass is 211 g/mol. The van der Waals surface area contributed by atoms with Gasteiger partial charge < -0.3 is 0 Å². The Bertz CT molecular complexity index is 57.2. The van der Waals surface area contributed by atoms with E-state index >= 15 is 0 Å². The van der Waals surface area contributed by atoms with Gasteiger partial charge in [-0.25, -0.2) is 0 Å². The van der Waals surface area contributed by atoms with Crippen molar-refractivity contribution in [3.63, 3.8) is 0 Å². The molecule has 0 aromatic rings. The minimum atomic E-state index is 1.53. The Hall–Kier alpha value is 0.370. The van der Waals surface area contributed by atoms with Crippen LogP contribution in [0.2, 0.25) is 0 Å². The average Bonchev–Trinajstić information content (AvgIpc) is 1.61. The van der Waals surface area contributed by atoms with Crippen LogP contribution in [0.1, 0.15) is 0 Å². The Morgan fingerprint density at radius 1 is 1.33 bits per heavy atom. The summed E-state index contributed by atoms with van der Waals surface area (Å²) < 4.78 is 0. The predicted octanol–water partition coefficient (Wildman–Crippen LogP) is 2.28. The molecule has 34 valence electrons. The van der Waals surface area contributed by atoms with Gasteiger partial charge in [-0.2, -0.15) is 0 Å². The summed E-state index contributed by atoms with van der Waals surface area (Å²) in [5.41, 5.74) is 0. The Morgan fingerprint density at radius 2 is 2.00 bits per heavy atom. The molecule has 0 aliphatic heterocycles. The second kappa shape index (κ2) is 5.37. The van der Waals surface area contributed by atoms with Crippen LogP contribution in [-0.4, -0.2) is 5.12 Å². The van der Waals surface area contributed by atoms with Crippen molar-refractivity contribution in [3.8, 4) is 0 Å². The van der Waals surface area contributed by atoms with Gasteiger partial charge in [-0.3, -0.25) is 4.99 Å². The fraction of sp³-hybridized carbons (Fsp3) is 0. The minimum Gasteiger partial charge on any atom is -0.257 e. The van der Waals surface area contributed by atoms with E-state index in [-0.39, 0.29) is 0 Å². The van der Waals surface area contributed by atoms with E-state index in [1.807, 2.05) is 0 Å². The van der Waals surface area contributed by atoms with Gasteiger partial charge in [0.25, 0.3) is 0 Å². The van der Waals surface area contributed by atoms with Crippen LogP contribution in [0.5, 0.6) is 0 Å². The van der Waals surface area contributed by atoms with Gasteiger partial charge in [0, 0.05) is 6.20 Å². The van der Waals surface area contributed by atoms with E-state index in [0.29, 0.717) is 0 Å². The van der Waals surface area contributed by atoms with Gasteiger partial charge in [0.2, 0.25) is 0 Å². The third-order valence-corrected chi connectivity index (χ3v) is 0.672. The molecular weight excluding hydrogens is 210 g/mol. The molecule has 0 saturated heterocycles. The van der Waals surface area contributed by atoms with Crippen LogP contribution in [0.4, 0.5) is 0 Å². The molecule has 0 rings (SSSR count). The molecule has 0 aliphatic rings. The molecule has 0 atom stereocenters. The summed E-state index contributed by atoms with van der Waals surface area (Å²) in [6, 6.07) is 0. The third kappa shape index (κ3) is 4.37. The zero-order valence-electron chi connectivity index (χ0n) is 2.94. The van der Waals surface area contributed by atoms with Crippen molar-refractivity contribution in [2.45, 2.75) is 0 Å². The van der Waals surface area contributed by atoms with Crippen LogP contribution in [0.3, 0.4) is 0 Å². The summed E-state index contributed by atoms with van der Waals surface area (Å²) in [6.07, 6.45) is 1.62. The maximum Gasteiger partial charge on any atom is 0.0696 e. The van der Waals surface area contributed by atoms with Crippen molar-refractivity contribution in [2.75, 3.05) is 0 Å². The normalized spacial score (nSPS) is 11.7. The molecule has 0 saturated carbocycles. The third-order valence-electron chi connectivity index (χ3n) is 0.199. The zero-order valence-corrected chi connectivity index (χ0v) is 6.11. The number of nitrogens with zero attached hydrogens (tertiary/aromatic N) is 1. The molecule has 0 aromatic carbocycles. The fourth-order valence-corrected chi connectivity index (χ4v) is 0.338. The lowest BCUT2D eigenvalue weighted by molar-refractivity contribution is 1.64. The molecule has 0 heterocycles. The SMILES string of the molecule is Br/C=C/N=C/Br. The lowest BCUT2D eigenvalue weighted by atomic mass is 11.1. The highest BCUT2D eigenvalue weighted by Crippen LogP contribution is 1.82. The molecular formula is C3H3Br2N. The number of aliphatic imine (C=N–C) groups is 1. The molecule has 0 radical (unpaired) electrons. The molecule has 0 spiro atoms. The van der Waals surface area contributed by atoms with Crippen LogP contribution in [-0.2, 0) is 0 Å². The van der Waals surface area contributed by atoms with E-state index in [1.54, 1.807) is 11.2 Å². The molecule has 6 heavy (non-hydrogen) atoms. The number of rotatable bonds is 1. The lowest BCUT2D eigenvalue weighted by Gasteiger charge is -1.61. The summed E-state index contributed by atoms with van der Waals surface area (Å²) in [4.78, 5) is 5.33. The molecule has 0 aliphatic carbocycles. The molecule has 0 unspecified atom stereocenters. The van der Waals surface area contributed by atoms with E-state index in [9.17, 15) is 0 Å². The quantitative estimate of drug-likeness (QED) is 0.592. The summed E-state index contributed by atoms with van der Waals surface area (Å²) in [7, 11) is 0. The molecule has 0 amide bonds. The van der Waals surface area contributed by atoms with Gasteiger partial charge in [0.05, 0.1) is 5.12 Å². The predicted molar refractivity (Wildman–Crippen MR) is 35.5 cm³/mol. The Morgan fingerprint density at radius 3 is 2.17 bits per heavy atom. The minimum absolute atomic E-state index is 1.53. The maximum absolute atomic E-state index is 3.65. The zero-order chi connectivity index (χ0) is 4.83. The van der Waals surface area contributed by atoms with Crippen molar-refractivity contribution < 1.29 is 0 Å². The topological polar surface area (TPSA) is 12.4 Å². The lowest BCUT2D eigenvalue weighted by Crippen LogP contribution is -1.42. The second-order valence-electron chi connectivity index (χ2n) is 0.522. The Kier molecular flexibility index (Phi) is 5.70. The summed E-state index contributed by atoms with van der Waals surface area (Å²) in [5, 5.41) is 1.53. The first kappa shape index (κ1) is 6.37. The fourth-order valence-electron chi connectivity index (χ4n) is 0.0651. The Balaban J connectivity index is 3.07. The molecule has 0 aromatic heterocycles. The highest BCUT2D eigenvalue weighted by atomic mass is 79.9. The molecule has 0 N–H and O–H groups in total. The van der Waals surface area contributed by atoms with Gasteiger partial charge in [0.15, 0.2) is 0 Å². The first-order valence-electron chi connectivity index (χ1n) is 1.29. The smallest absolute Gasteiger partial charge is 0.0696 e. The molecule has 0 bridgehead atoms. The van der Waals surface area contributed by atoms with Crippen molar-refractivity contribution in [2.24, 2.45) is 4.99 Å². The van der Waals surface area contributed by atoms with Gasteiger partial charge >= 0.3 is 0 Å². The maximum atomic E-state index is 3.65. The van der Waals surface area contributed by atoms with Crippen molar-refractivity contribution in [1.29, 1.82) is 0 Å². The van der Waals surface area contributed by atoms with Crippen LogP contribution < -0.4 is 0 Å². The summed E-state index contributed by atoms with van der Waals surface area (Å²) >= 11 is 6.02. The van der Waals surface area contributed by atoms with Crippen molar-refractivity contribution >= 4 is 37.0 Å². The van der Waals surface area contributed by atoms with Gasteiger partial charge in [-0.1, -0.05) is 15.9 Å². The standard InChI is InChI=1S/C3H3Br2N/c4-1-2-6-3-5/h1-3H/b2-1+,6-3+. The van der Waals surface area contributed by atoms with Gasteiger partial charge in [-0.15, -0.1) is 0 Å². The highest BCUT2D eigenvalue weighted by Gasteiger charge is 1.51. The van der Waals surface area contributed by atoms with E-state index in [1.165, 1.54) is 5.12 Å². The first-order chi connectivity index (χ1) is 2.91. The molecule has 3 heteroatoms. The van der Waals surface area contributed by atoms with Crippen LogP contribution in [0, 0.1) is 0 Å². The number of hydrogen-bond donors (Lipinski definition) is 0. The van der Waals surface area contributed by atoms with E-state index in [0.717, 1.165) is 0 Å². The van der Waals surface area contributed by atoms with Gasteiger partial charge in [0.1, 0.15) is 0 Å². The van der Waals surface area contributed by atoms with Gasteiger partial charge in [-0.05, 0) is 20.9 Å². The highest BCUT2D eigenvalue weighted by molar-refractivity contribution is 9.17. The summed E-state index contributed by atoms with van der Waals surface area (Å²) in [5.74, 6) is 0. The summed E-state index contributed by atoms with van der Waals surface area (Å²) in [6.45, 7) is 0. The molecule has 0 fully saturated rings. The van der Waals surface area contributed by atoms with E-state index in [4.69, 9.17) is 0 Å².